The van der Waals surface area contributed by atoms with E-state index in [1.54, 1.807) is 28.5 Å². The Labute approximate surface area is 190 Å². The van der Waals surface area contributed by atoms with Gasteiger partial charge in [-0.25, -0.2) is 13.9 Å². The molecule has 0 radical (unpaired) electrons. The topological polar surface area (TPSA) is 71.8 Å². The van der Waals surface area contributed by atoms with Crippen molar-refractivity contribution in [2.75, 3.05) is 30.9 Å². The number of carbonyl (C=O) groups excluding carboxylic acids is 1. The maximum absolute atomic E-state index is 14.1. The molecular formula is C23H26FN5O2S. The Bertz CT molecular complexity index is 1130. The minimum Gasteiger partial charge on any atom is -0.379 e. The van der Waals surface area contributed by atoms with Crippen molar-refractivity contribution in [3.63, 3.8) is 0 Å². The molecule has 1 N–H and O–H groups in total. The number of halogens is 1. The molecule has 2 aliphatic rings. The normalized spacial score (nSPS) is 21.2. The average Bonchev–Trinajstić information content (AvgIpc) is 3.46. The number of amides is 1. The molecular weight excluding hydrogens is 429 g/mol. The van der Waals surface area contributed by atoms with Crippen molar-refractivity contribution >= 4 is 29.1 Å². The summed E-state index contributed by atoms with van der Waals surface area (Å²) in [6.45, 7) is 2.10. The van der Waals surface area contributed by atoms with Gasteiger partial charge in [-0.15, -0.1) is 16.9 Å². The predicted octanol–water partition coefficient (Wildman–Crippen LogP) is 3.84. The SMILES string of the molecule is CSc1ccc(F)cc1[C@H]1CCCN1c1ccc2ncc(C(=O)NC3CCCOC3)n2n1. The van der Waals surface area contributed by atoms with E-state index in [0.717, 1.165) is 55.1 Å². The number of nitrogens with one attached hydrogen (secondary N) is 1. The fourth-order valence-corrected chi connectivity index (χ4v) is 5.25. The summed E-state index contributed by atoms with van der Waals surface area (Å²) in [5.41, 5.74) is 2.00. The van der Waals surface area contributed by atoms with E-state index in [-0.39, 0.29) is 23.8 Å². The van der Waals surface area contributed by atoms with Gasteiger partial charge >= 0.3 is 0 Å². The molecule has 2 saturated heterocycles. The summed E-state index contributed by atoms with van der Waals surface area (Å²) in [6, 6.07) is 8.83. The molecule has 5 rings (SSSR count). The Kier molecular flexibility index (Phi) is 6.01. The van der Waals surface area contributed by atoms with Crippen LogP contribution >= 0.6 is 11.8 Å². The highest BCUT2D eigenvalue weighted by Crippen LogP contribution is 2.39. The van der Waals surface area contributed by atoms with Gasteiger partial charge in [0, 0.05) is 18.0 Å². The summed E-state index contributed by atoms with van der Waals surface area (Å²) in [5.74, 6) is 0.322. The maximum atomic E-state index is 14.1. The van der Waals surface area contributed by atoms with Crippen LogP contribution in [-0.4, -0.2) is 52.6 Å². The molecule has 0 aliphatic carbocycles. The summed E-state index contributed by atoms with van der Waals surface area (Å²) in [5, 5.41) is 7.81. The van der Waals surface area contributed by atoms with Crippen molar-refractivity contribution < 1.29 is 13.9 Å². The number of nitrogens with zero attached hydrogens (tertiary/aromatic N) is 4. The standard InChI is InChI=1S/C23H26FN5O2S/c1-32-20-7-6-15(24)12-17(20)18-5-2-10-28(18)22-9-8-21-25-13-19(29(21)27-22)23(30)26-16-4-3-11-31-14-16/h6-9,12-13,16,18H,2-5,10-11,14H2,1H3,(H,26,30)/t16?,18-/m1/s1. The highest BCUT2D eigenvalue weighted by Gasteiger charge is 2.30. The lowest BCUT2D eigenvalue weighted by Gasteiger charge is -2.27. The fourth-order valence-electron chi connectivity index (χ4n) is 4.62. The van der Waals surface area contributed by atoms with Crippen molar-refractivity contribution in [1.29, 1.82) is 0 Å². The lowest BCUT2D eigenvalue weighted by molar-refractivity contribution is 0.0621. The molecule has 2 fully saturated rings. The number of thioether (sulfide) groups is 1. The Hall–Kier alpha value is -2.65. The van der Waals surface area contributed by atoms with Crippen LogP contribution in [0.3, 0.4) is 0 Å². The minimum atomic E-state index is -0.228. The van der Waals surface area contributed by atoms with E-state index in [1.165, 1.54) is 6.07 Å². The van der Waals surface area contributed by atoms with E-state index < -0.39 is 0 Å². The molecule has 1 unspecified atom stereocenters. The molecule has 9 heteroatoms. The predicted molar refractivity (Wildman–Crippen MR) is 122 cm³/mol. The average molecular weight is 456 g/mol. The third-order valence-corrected chi connectivity index (χ3v) is 6.99. The lowest BCUT2D eigenvalue weighted by Crippen LogP contribution is -2.41. The van der Waals surface area contributed by atoms with Crippen molar-refractivity contribution in [3.05, 3.63) is 53.6 Å². The monoisotopic (exact) mass is 455 g/mol. The third kappa shape index (κ3) is 4.06. The molecule has 3 aromatic rings. The van der Waals surface area contributed by atoms with Crippen LogP contribution in [0, 0.1) is 5.82 Å². The number of anilines is 1. The van der Waals surface area contributed by atoms with Crippen molar-refractivity contribution in [3.8, 4) is 0 Å². The minimum absolute atomic E-state index is 0.00545. The highest BCUT2D eigenvalue weighted by atomic mass is 32.2. The second kappa shape index (κ2) is 9.07. The van der Waals surface area contributed by atoms with Gasteiger partial charge in [0.05, 0.1) is 24.9 Å². The smallest absolute Gasteiger partial charge is 0.271 e. The van der Waals surface area contributed by atoms with Crippen LogP contribution in [0.5, 0.6) is 0 Å². The van der Waals surface area contributed by atoms with Crippen LogP contribution in [0.15, 0.2) is 41.4 Å². The Morgan fingerprint density at radius 2 is 2.16 bits per heavy atom. The molecule has 168 valence electrons. The van der Waals surface area contributed by atoms with E-state index in [0.29, 0.717) is 17.9 Å². The summed E-state index contributed by atoms with van der Waals surface area (Å²) in [4.78, 5) is 20.5. The first kappa shape index (κ1) is 21.2. The lowest BCUT2D eigenvalue weighted by atomic mass is 10.0. The van der Waals surface area contributed by atoms with Gasteiger partial charge < -0.3 is 15.0 Å². The second-order valence-corrected chi connectivity index (χ2v) is 9.08. The molecule has 7 nitrogen and oxygen atoms in total. The van der Waals surface area contributed by atoms with Crippen LogP contribution < -0.4 is 10.2 Å². The number of imidazole rings is 1. The number of rotatable bonds is 5. The van der Waals surface area contributed by atoms with E-state index in [2.05, 4.69) is 15.2 Å². The largest absolute Gasteiger partial charge is 0.379 e. The highest BCUT2D eigenvalue weighted by molar-refractivity contribution is 7.98. The first-order valence-electron chi connectivity index (χ1n) is 11.0. The Balaban J connectivity index is 1.45. The molecule has 2 aliphatic heterocycles. The van der Waals surface area contributed by atoms with Crippen LogP contribution in [-0.2, 0) is 4.74 Å². The number of hydrogen-bond donors (Lipinski definition) is 1. The van der Waals surface area contributed by atoms with Crippen molar-refractivity contribution in [2.24, 2.45) is 0 Å². The number of hydrogen-bond acceptors (Lipinski definition) is 6. The molecule has 4 heterocycles. The van der Waals surface area contributed by atoms with Gasteiger partial charge in [-0.05, 0) is 67.8 Å². The quantitative estimate of drug-likeness (QED) is 0.590. The number of aromatic nitrogens is 3. The van der Waals surface area contributed by atoms with Gasteiger partial charge in [-0.1, -0.05) is 0 Å². The van der Waals surface area contributed by atoms with Crippen LogP contribution in [0.4, 0.5) is 10.2 Å². The molecule has 2 atom stereocenters. The zero-order chi connectivity index (χ0) is 22.1. The summed E-state index contributed by atoms with van der Waals surface area (Å²) < 4.78 is 21.1. The van der Waals surface area contributed by atoms with Gasteiger partial charge in [-0.2, -0.15) is 0 Å². The molecule has 1 aromatic carbocycles. The molecule has 0 saturated carbocycles. The van der Waals surface area contributed by atoms with E-state index in [4.69, 9.17) is 9.84 Å². The van der Waals surface area contributed by atoms with Crippen LogP contribution in [0.2, 0.25) is 0 Å². The van der Waals surface area contributed by atoms with E-state index in [1.807, 2.05) is 24.5 Å². The first-order valence-corrected chi connectivity index (χ1v) is 12.2. The van der Waals surface area contributed by atoms with E-state index in [9.17, 15) is 9.18 Å². The van der Waals surface area contributed by atoms with Gasteiger partial charge in [-0.3, -0.25) is 4.79 Å². The van der Waals surface area contributed by atoms with Gasteiger partial charge in [0.2, 0.25) is 0 Å². The van der Waals surface area contributed by atoms with E-state index >= 15 is 0 Å². The summed E-state index contributed by atoms with van der Waals surface area (Å²) in [6.07, 6.45) is 7.33. The summed E-state index contributed by atoms with van der Waals surface area (Å²) >= 11 is 1.62. The van der Waals surface area contributed by atoms with Gasteiger partial charge in [0.15, 0.2) is 11.3 Å². The number of carbonyl (C=O) groups is 1. The van der Waals surface area contributed by atoms with Gasteiger partial charge in [0.1, 0.15) is 11.6 Å². The maximum Gasteiger partial charge on any atom is 0.271 e. The number of ether oxygens (including phenoxy) is 1. The zero-order valence-corrected chi connectivity index (χ0v) is 18.8. The molecule has 0 bridgehead atoms. The van der Waals surface area contributed by atoms with Crippen molar-refractivity contribution in [1.82, 2.24) is 19.9 Å². The fraction of sp³-hybridized carbons (Fsp3) is 0.435. The summed E-state index contributed by atoms with van der Waals surface area (Å²) in [7, 11) is 0. The Morgan fingerprint density at radius 3 is 2.97 bits per heavy atom. The molecule has 2 aromatic heterocycles. The Morgan fingerprint density at radius 1 is 1.25 bits per heavy atom. The van der Waals surface area contributed by atoms with Gasteiger partial charge in [0.25, 0.3) is 5.91 Å². The number of benzene rings is 1. The first-order chi connectivity index (χ1) is 15.6. The zero-order valence-electron chi connectivity index (χ0n) is 18.0. The third-order valence-electron chi connectivity index (χ3n) is 6.17. The second-order valence-electron chi connectivity index (χ2n) is 8.23. The molecule has 0 spiro atoms. The van der Waals surface area contributed by atoms with Crippen molar-refractivity contribution in [2.45, 2.75) is 42.7 Å². The molecule has 32 heavy (non-hydrogen) atoms. The van der Waals surface area contributed by atoms with Crippen LogP contribution in [0.1, 0.15) is 47.8 Å². The van der Waals surface area contributed by atoms with Crippen LogP contribution in [0.25, 0.3) is 5.65 Å². The number of fused-ring (bicyclic) bond motifs is 1. The molecule has 1 amide bonds.